The third-order valence-electron chi connectivity index (χ3n) is 3.74. The maximum absolute atomic E-state index is 12.1. The number of urea groups is 1. The summed E-state index contributed by atoms with van der Waals surface area (Å²) in [5.41, 5.74) is 0. The maximum Gasteiger partial charge on any atom is 0.326 e. The van der Waals surface area contributed by atoms with Gasteiger partial charge in [0, 0.05) is 19.5 Å². The van der Waals surface area contributed by atoms with Crippen LogP contribution in [0.3, 0.4) is 0 Å². The molecule has 3 N–H and O–H groups in total. The molecular formula is C13H21N5O3. The normalized spacial score (nSPS) is 22.0. The molecule has 2 atom stereocenters. The molecule has 1 saturated heterocycles. The Labute approximate surface area is 122 Å². The Morgan fingerprint density at radius 2 is 2.38 bits per heavy atom. The third kappa shape index (κ3) is 4.17. The van der Waals surface area contributed by atoms with Crippen LogP contribution in [0.5, 0.6) is 0 Å². The SMILES string of the molecule is CC1CCN(C(=O)NCCCc2ncn[nH]2)C(C(=O)O)C1. The number of carboxylic acid groups (broad SMARTS) is 1. The molecule has 1 aliphatic heterocycles. The van der Waals surface area contributed by atoms with E-state index in [1.807, 2.05) is 6.92 Å². The summed E-state index contributed by atoms with van der Waals surface area (Å²) >= 11 is 0. The molecule has 0 aromatic carbocycles. The number of aromatic nitrogens is 3. The first kappa shape index (κ1) is 15.3. The predicted molar refractivity (Wildman–Crippen MR) is 74.6 cm³/mol. The molecule has 2 amide bonds. The van der Waals surface area contributed by atoms with E-state index in [1.165, 1.54) is 11.2 Å². The van der Waals surface area contributed by atoms with E-state index in [9.17, 15) is 14.7 Å². The van der Waals surface area contributed by atoms with E-state index in [-0.39, 0.29) is 6.03 Å². The van der Waals surface area contributed by atoms with Crippen LogP contribution in [0.4, 0.5) is 4.79 Å². The van der Waals surface area contributed by atoms with Crippen molar-refractivity contribution in [2.24, 2.45) is 5.92 Å². The number of aliphatic carboxylic acids is 1. The summed E-state index contributed by atoms with van der Waals surface area (Å²) in [7, 11) is 0. The van der Waals surface area contributed by atoms with Crippen molar-refractivity contribution in [3.63, 3.8) is 0 Å². The van der Waals surface area contributed by atoms with Gasteiger partial charge in [-0.2, -0.15) is 5.10 Å². The average molecular weight is 295 g/mol. The smallest absolute Gasteiger partial charge is 0.326 e. The number of rotatable bonds is 5. The van der Waals surface area contributed by atoms with E-state index < -0.39 is 12.0 Å². The lowest BCUT2D eigenvalue weighted by molar-refractivity contribution is -0.143. The van der Waals surface area contributed by atoms with Crippen LogP contribution in [0, 0.1) is 5.92 Å². The molecule has 8 heteroatoms. The largest absolute Gasteiger partial charge is 0.480 e. The molecule has 8 nitrogen and oxygen atoms in total. The Kier molecular flexibility index (Phi) is 5.13. The Bertz CT molecular complexity index is 476. The Morgan fingerprint density at radius 1 is 1.57 bits per heavy atom. The topological polar surface area (TPSA) is 111 Å². The molecule has 2 rings (SSSR count). The van der Waals surface area contributed by atoms with Gasteiger partial charge in [-0.3, -0.25) is 5.10 Å². The van der Waals surface area contributed by atoms with Crippen molar-refractivity contribution < 1.29 is 14.7 Å². The van der Waals surface area contributed by atoms with Crippen molar-refractivity contribution in [1.29, 1.82) is 0 Å². The fraction of sp³-hybridized carbons (Fsp3) is 0.692. The monoisotopic (exact) mass is 295 g/mol. The first-order valence-corrected chi connectivity index (χ1v) is 7.19. The van der Waals surface area contributed by atoms with Crippen LogP contribution >= 0.6 is 0 Å². The zero-order valence-corrected chi connectivity index (χ0v) is 12.1. The van der Waals surface area contributed by atoms with E-state index in [2.05, 4.69) is 20.5 Å². The molecular weight excluding hydrogens is 274 g/mol. The average Bonchev–Trinajstić information content (AvgIpc) is 2.96. The zero-order chi connectivity index (χ0) is 15.2. The number of nitrogens with zero attached hydrogens (tertiary/aromatic N) is 3. The van der Waals surface area contributed by atoms with Gasteiger partial charge in [-0.05, 0) is 25.2 Å². The van der Waals surface area contributed by atoms with Crippen LogP contribution in [-0.4, -0.2) is 56.3 Å². The number of aromatic amines is 1. The van der Waals surface area contributed by atoms with Gasteiger partial charge in [0.2, 0.25) is 0 Å². The molecule has 1 aromatic rings. The van der Waals surface area contributed by atoms with Gasteiger partial charge in [-0.25, -0.2) is 14.6 Å². The Morgan fingerprint density at radius 3 is 3.05 bits per heavy atom. The molecule has 2 unspecified atom stereocenters. The van der Waals surface area contributed by atoms with Gasteiger partial charge in [0.1, 0.15) is 18.2 Å². The van der Waals surface area contributed by atoms with Gasteiger partial charge in [0.05, 0.1) is 0 Å². The summed E-state index contributed by atoms with van der Waals surface area (Å²) in [6, 6.07) is -1.02. The first-order chi connectivity index (χ1) is 10.1. The fourth-order valence-electron chi connectivity index (χ4n) is 2.52. The van der Waals surface area contributed by atoms with Crippen molar-refractivity contribution in [1.82, 2.24) is 25.4 Å². The standard InChI is InChI=1S/C13H21N5O3/c1-9-4-6-18(10(7-9)12(19)20)13(21)14-5-2-3-11-15-8-16-17-11/h8-10H,2-7H2,1H3,(H,14,21)(H,19,20)(H,15,16,17). The minimum absolute atomic E-state index is 0.299. The maximum atomic E-state index is 12.1. The number of hydrogen-bond acceptors (Lipinski definition) is 4. The first-order valence-electron chi connectivity index (χ1n) is 7.19. The van der Waals surface area contributed by atoms with Crippen molar-refractivity contribution in [3.05, 3.63) is 12.2 Å². The Hall–Kier alpha value is -2.12. The van der Waals surface area contributed by atoms with Crippen LogP contribution in [-0.2, 0) is 11.2 Å². The highest BCUT2D eigenvalue weighted by molar-refractivity contribution is 5.82. The predicted octanol–water partition coefficient (Wildman–Crippen LogP) is 0.632. The summed E-state index contributed by atoms with van der Waals surface area (Å²) in [5.74, 6) is 0.180. The van der Waals surface area contributed by atoms with Gasteiger partial charge in [-0.15, -0.1) is 0 Å². The molecule has 0 bridgehead atoms. The molecule has 116 valence electrons. The van der Waals surface area contributed by atoms with Crippen LogP contribution in [0.2, 0.25) is 0 Å². The second kappa shape index (κ2) is 7.05. The lowest BCUT2D eigenvalue weighted by Gasteiger charge is -2.35. The van der Waals surface area contributed by atoms with Gasteiger partial charge in [0.25, 0.3) is 0 Å². The number of aryl methyl sites for hydroxylation is 1. The number of likely N-dealkylation sites (tertiary alicyclic amines) is 1. The Balaban J connectivity index is 1.77. The molecule has 1 aliphatic rings. The summed E-state index contributed by atoms with van der Waals surface area (Å²) < 4.78 is 0. The molecule has 0 spiro atoms. The third-order valence-corrected chi connectivity index (χ3v) is 3.74. The van der Waals surface area contributed by atoms with E-state index in [0.29, 0.717) is 31.8 Å². The number of piperidine rings is 1. The zero-order valence-electron chi connectivity index (χ0n) is 12.1. The number of hydrogen-bond donors (Lipinski definition) is 3. The van der Waals surface area contributed by atoms with E-state index >= 15 is 0 Å². The summed E-state index contributed by atoms with van der Waals surface area (Å²) in [6.07, 6.45) is 4.22. The molecule has 0 saturated carbocycles. The van der Waals surface area contributed by atoms with Gasteiger partial charge in [0.15, 0.2) is 0 Å². The lowest BCUT2D eigenvalue weighted by Crippen LogP contribution is -2.53. The van der Waals surface area contributed by atoms with E-state index in [4.69, 9.17) is 0 Å². The molecule has 1 aromatic heterocycles. The second-order valence-electron chi connectivity index (χ2n) is 5.44. The van der Waals surface area contributed by atoms with E-state index in [0.717, 1.165) is 18.7 Å². The number of H-pyrrole nitrogens is 1. The van der Waals surface area contributed by atoms with Crippen LogP contribution < -0.4 is 5.32 Å². The molecule has 2 heterocycles. The van der Waals surface area contributed by atoms with Crippen molar-refractivity contribution in [2.75, 3.05) is 13.1 Å². The summed E-state index contributed by atoms with van der Waals surface area (Å²) in [4.78, 5) is 28.8. The molecule has 21 heavy (non-hydrogen) atoms. The minimum Gasteiger partial charge on any atom is -0.480 e. The molecule has 0 radical (unpaired) electrons. The van der Waals surface area contributed by atoms with Gasteiger partial charge < -0.3 is 15.3 Å². The number of carbonyl (C=O) groups excluding carboxylic acids is 1. The number of carbonyl (C=O) groups is 2. The van der Waals surface area contributed by atoms with Crippen LogP contribution in [0.25, 0.3) is 0 Å². The van der Waals surface area contributed by atoms with Crippen LogP contribution in [0.1, 0.15) is 32.0 Å². The number of carboxylic acids is 1. The highest BCUT2D eigenvalue weighted by atomic mass is 16.4. The van der Waals surface area contributed by atoms with Crippen molar-refractivity contribution >= 4 is 12.0 Å². The van der Waals surface area contributed by atoms with Gasteiger partial charge in [-0.1, -0.05) is 6.92 Å². The summed E-state index contributed by atoms with van der Waals surface area (Å²) in [6.45, 7) is 2.99. The lowest BCUT2D eigenvalue weighted by atomic mass is 9.93. The summed E-state index contributed by atoms with van der Waals surface area (Å²) in [5, 5.41) is 18.5. The number of nitrogens with one attached hydrogen (secondary N) is 2. The minimum atomic E-state index is -0.932. The van der Waals surface area contributed by atoms with Gasteiger partial charge >= 0.3 is 12.0 Å². The van der Waals surface area contributed by atoms with Crippen molar-refractivity contribution in [2.45, 2.75) is 38.6 Å². The highest BCUT2D eigenvalue weighted by Gasteiger charge is 2.34. The molecule has 0 aliphatic carbocycles. The number of amides is 2. The molecule has 1 fully saturated rings. The highest BCUT2D eigenvalue weighted by Crippen LogP contribution is 2.22. The fourth-order valence-corrected chi connectivity index (χ4v) is 2.52. The van der Waals surface area contributed by atoms with Crippen LogP contribution in [0.15, 0.2) is 6.33 Å². The second-order valence-corrected chi connectivity index (χ2v) is 5.44. The van der Waals surface area contributed by atoms with E-state index in [1.54, 1.807) is 0 Å². The van der Waals surface area contributed by atoms with Crippen molar-refractivity contribution in [3.8, 4) is 0 Å². The quantitative estimate of drug-likeness (QED) is 0.690.